The summed E-state index contributed by atoms with van der Waals surface area (Å²) in [6.45, 7) is 7.95. The van der Waals surface area contributed by atoms with Crippen molar-refractivity contribution < 1.29 is 9.53 Å². The Morgan fingerprint density at radius 3 is 2.90 bits per heavy atom. The minimum atomic E-state index is -0.0535. The zero-order valence-electron chi connectivity index (χ0n) is 13.0. The quantitative estimate of drug-likeness (QED) is 0.930. The number of amides is 1. The van der Waals surface area contributed by atoms with Crippen molar-refractivity contribution in [2.75, 3.05) is 13.2 Å². The second-order valence-electron chi connectivity index (χ2n) is 6.09. The molecule has 0 spiro atoms. The molecule has 4 atom stereocenters. The van der Waals surface area contributed by atoms with E-state index < -0.39 is 0 Å². The Hall–Kier alpha value is -0.910. The number of rotatable bonds is 4. The molecule has 3 rings (SSSR count). The summed E-state index contributed by atoms with van der Waals surface area (Å²) >= 11 is 1.78. The van der Waals surface area contributed by atoms with Gasteiger partial charge in [-0.15, -0.1) is 11.3 Å². The van der Waals surface area contributed by atoms with E-state index >= 15 is 0 Å². The lowest BCUT2D eigenvalue weighted by Crippen LogP contribution is -2.42. The van der Waals surface area contributed by atoms with Gasteiger partial charge in [-0.25, -0.2) is 0 Å². The largest absolute Gasteiger partial charge is 0.381 e. The van der Waals surface area contributed by atoms with E-state index in [0.29, 0.717) is 5.92 Å². The summed E-state index contributed by atoms with van der Waals surface area (Å²) in [5, 5.41) is 3.52. The third-order valence-corrected chi connectivity index (χ3v) is 5.77. The Morgan fingerprint density at radius 1 is 1.52 bits per heavy atom. The van der Waals surface area contributed by atoms with E-state index in [0.717, 1.165) is 26.1 Å². The van der Waals surface area contributed by atoms with Gasteiger partial charge in [-0.1, -0.05) is 6.92 Å². The van der Waals surface area contributed by atoms with Crippen LogP contribution in [0.3, 0.4) is 0 Å². The van der Waals surface area contributed by atoms with Crippen molar-refractivity contribution in [3.63, 3.8) is 0 Å². The maximum absolute atomic E-state index is 12.8. The Kier molecular flexibility index (Phi) is 4.33. The summed E-state index contributed by atoms with van der Waals surface area (Å²) in [7, 11) is 0. The van der Waals surface area contributed by atoms with Crippen molar-refractivity contribution in [1.82, 2.24) is 10.2 Å². The number of hydrogen-bond donors (Lipinski definition) is 1. The molecule has 21 heavy (non-hydrogen) atoms. The molecule has 3 heterocycles. The molecule has 1 N–H and O–H groups in total. The lowest BCUT2D eigenvalue weighted by atomic mass is 9.98. The number of thiophene rings is 1. The number of carbonyl (C=O) groups is 1. The molecule has 4 unspecified atom stereocenters. The maximum atomic E-state index is 12.8. The van der Waals surface area contributed by atoms with Crippen molar-refractivity contribution in [1.29, 1.82) is 0 Å². The molecule has 5 heteroatoms. The van der Waals surface area contributed by atoms with Crippen LogP contribution in [0, 0.1) is 12.8 Å². The Bertz CT molecular complexity index is 510. The molecule has 2 fully saturated rings. The first-order valence-corrected chi connectivity index (χ1v) is 8.65. The fourth-order valence-electron chi connectivity index (χ4n) is 3.36. The standard InChI is InChI=1S/C16H24N2O2S/c1-4-13-16(19)18(11(3)12-7-8-20-9-12)15(17-13)14-6-5-10(2)21-14/h5-6,11-13,15,17H,4,7-9H2,1-3H3. The summed E-state index contributed by atoms with van der Waals surface area (Å²) in [6.07, 6.45) is 1.92. The fraction of sp³-hybridized carbons (Fsp3) is 0.688. The highest BCUT2D eigenvalue weighted by atomic mass is 32.1. The van der Waals surface area contributed by atoms with Gasteiger partial charge in [-0.05, 0) is 38.8 Å². The molecule has 0 aromatic carbocycles. The van der Waals surface area contributed by atoms with Crippen LogP contribution in [-0.2, 0) is 9.53 Å². The molecule has 2 saturated heterocycles. The summed E-state index contributed by atoms with van der Waals surface area (Å²) in [5.41, 5.74) is 0. The van der Waals surface area contributed by atoms with Gasteiger partial charge >= 0.3 is 0 Å². The van der Waals surface area contributed by atoms with Crippen LogP contribution in [0.15, 0.2) is 12.1 Å². The molecule has 2 aliphatic rings. The molecule has 2 aliphatic heterocycles. The van der Waals surface area contributed by atoms with Crippen molar-refractivity contribution >= 4 is 17.2 Å². The summed E-state index contributed by atoms with van der Waals surface area (Å²) in [5.74, 6) is 0.697. The molecule has 0 aliphatic carbocycles. The van der Waals surface area contributed by atoms with Crippen molar-refractivity contribution in [3.05, 3.63) is 21.9 Å². The van der Waals surface area contributed by atoms with Crippen LogP contribution in [0.2, 0.25) is 0 Å². The fourth-order valence-corrected chi connectivity index (χ4v) is 4.29. The van der Waals surface area contributed by atoms with Crippen LogP contribution < -0.4 is 5.32 Å². The number of nitrogens with one attached hydrogen (secondary N) is 1. The van der Waals surface area contributed by atoms with Crippen LogP contribution in [-0.4, -0.2) is 36.1 Å². The number of carbonyl (C=O) groups excluding carboxylic acids is 1. The van der Waals surface area contributed by atoms with Crippen LogP contribution in [0.1, 0.15) is 42.6 Å². The van der Waals surface area contributed by atoms with Crippen molar-refractivity contribution in [3.8, 4) is 0 Å². The lowest BCUT2D eigenvalue weighted by molar-refractivity contribution is -0.133. The number of ether oxygens (including phenoxy) is 1. The number of hydrogen-bond acceptors (Lipinski definition) is 4. The zero-order chi connectivity index (χ0) is 15.0. The minimum absolute atomic E-state index is 0.0248. The summed E-state index contributed by atoms with van der Waals surface area (Å²) < 4.78 is 5.52. The normalized spacial score (nSPS) is 31.1. The van der Waals surface area contributed by atoms with Crippen LogP contribution >= 0.6 is 11.3 Å². The Balaban J connectivity index is 1.87. The van der Waals surface area contributed by atoms with Crippen LogP contribution in [0.25, 0.3) is 0 Å². The first-order valence-electron chi connectivity index (χ1n) is 7.84. The highest BCUT2D eigenvalue weighted by Gasteiger charge is 2.44. The second-order valence-corrected chi connectivity index (χ2v) is 7.41. The van der Waals surface area contributed by atoms with Gasteiger partial charge in [-0.3, -0.25) is 10.1 Å². The van der Waals surface area contributed by atoms with Gasteiger partial charge in [-0.2, -0.15) is 0 Å². The predicted molar refractivity (Wildman–Crippen MR) is 84.2 cm³/mol. The Morgan fingerprint density at radius 2 is 2.33 bits per heavy atom. The van der Waals surface area contributed by atoms with E-state index in [1.165, 1.54) is 9.75 Å². The van der Waals surface area contributed by atoms with Gasteiger partial charge in [0.15, 0.2) is 0 Å². The molecule has 1 aromatic rings. The Labute approximate surface area is 130 Å². The first kappa shape index (κ1) is 15.0. The van der Waals surface area contributed by atoms with Gasteiger partial charge in [0, 0.05) is 28.3 Å². The van der Waals surface area contributed by atoms with E-state index in [2.05, 4.69) is 43.1 Å². The summed E-state index contributed by atoms with van der Waals surface area (Å²) in [6, 6.07) is 4.44. The van der Waals surface area contributed by atoms with Crippen molar-refractivity contribution in [2.45, 2.75) is 51.9 Å². The third-order valence-electron chi connectivity index (χ3n) is 4.71. The molecule has 0 radical (unpaired) electrons. The monoisotopic (exact) mass is 308 g/mol. The minimum Gasteiger partial charge on any atom is -0.381 e. The highest BCUT2D eigenvalue weighted by Crippen LogP contribution is 2.35. The lowest BCUT2D eigenvalue weighted by Gasteiger charge is -2.33. The topological polar surface area (TPSA) is 41.6 Å². The molecular weight excluding hydrogens is 284 g/mol. The van der Waals surface area contributed by atoms with Gasteiger partial charge in [0.2, 0.25) is 5.91 Å². The van der Waals surface area contributed by atoms with E-state index in [-0.39, 0.29) is 24.2 Å². The average molecular weight is 308 g/mol. The predicted octanol–water partition coefficient (Wildman–Crippen LogP) is 2.69. The second kappa shape index (κ2) is 6.07. The first-order chi connectivity index (χ1) is 10.1. The zero-order valence-corrected chi connectivity index (χ0v) is 13.8. The molecule has 0 saturated carbocycles. The van der Waals surface area contributed by atoms with Gasteiger partial charge in [0.05, 0.1) is 12.6 Å². The molecule has 1 amide bonds. The van der Waals surface area contributed by atoms with Crippen molar-refractivity contribution in [2.24, 2.45) is 5.92 Å². The van der Waals surface area contributed by atoms with E-state index in [1.54, 1.807) is 11.3 Å². The number of nitrogens with zero attached hydrogens (tertiary/aromatic N) is 1. The summed E-state index contributed by atoms with van der Waals surface area (Å²) in [4.78, 5) is 17.3. The highest BCUT2D eigenvalue weighted by molar-refractivity contribution is 7.12. The van der Waals surface area contributed by atoms with Gasteiger partial charge in [0.25, 0.3) is 0 Å². The van der Waals surface area contributed by atoms with E-state index in [9.17, 15) is 4.79 Å². The molecular formula is C16H24N2O2S. The van der Waals surface area contributed by atoms with E-state index in [1.807, 2.05) is 0 Å². The van der Waals surface area contributed by atoms with E-state index in [4.69, 9.17) is 4.74 Å². The SMILES string of the molecule is CCC1NC(c2ccc(C)s2)N(C(C)C2CCOC2)C1=O. The molecule has 4 nitrogen and oxygen atoms in total. The van der Waals surface area contributed by atoms with Crippen LogP contribution in [0.4, 0.5) is 0 Å². The molecule has 0 bridgehead atoms. The molecule has 1 aromatic heterocycles. The van der Waals surface area contributed by atoms with Crippen LogP contribution in [0.5, 0.6) is 0 Å². The number of aryl methyl sites for hydroxylation is 1. The molecule has 116 valence electrons. The van der Waals surface area contributed by atoms with Gasteiger partial charge < -0.3 is 9.64 Å². The third kappa shape index (κ3) is 2.74. The average Bonchev–Trinajstić information content (AvgIpc) is 3.17. The maximum Gasteiger partial charge on any atom is 0.241 e. The smallest absolute Gasteiger partial charge is 0.241 e. The van der Waals surface area contributed by atoms with Gasteiger partial charge in [0.1, 0.15) is 6.17 Å².